The third kappa shape index (κ3) is 4.38. The number of aryl methyl sites for hydroxylation is 1. The van der Waals surface area contributed by atoms with E-state index in [2.05, 4.69) is 12.1 Å². The molecule has 0 N–H and O–H groups in total. The van der Waals surface area contributed by atoms with E-state index in [1.165, 1.54) is 12.0 Å². The maximum atomic E-state index is 11.9. The highest BCUT2D eigenvalue weighted by atomic mass is 16.7. The smallest absolute Gasteiger partial charge is 0.246 e. The van der Waals surface area contributed by atoms with E-state index < -0.39 is 0 Å². The number of likely N-dealkylation sites (tertiary alicyclic amines) is 1. The summed E-state index contributed by atoms with van der Waals surface area (Å²) in [5, 5.41) is 0. The van der Waals surface area contributed by atoms with Crippen LogP contribution in [0.4, 0.5) is 0 Å². The Morgan fingerprint density at radius 1 is 1.09 bits per heavy atom. The van der Waals surface area contributed by atoms with E-state index in [0.29, 0.717) is 6.79 Å². The normalized spacial score (nSPS) is 17.3. The summed E-state index contributed by atoms with van der Waals surface area (Å²) in [6.07, 6.45) is 12.9. The number of amides is 1. The minimum absolute atomic E-state index is 0.130. The third-order valence-corrected chi connectivity index (χ3v) is 4.19. The standard InChI is InChI=1S/C19H23NO3/c21-19(20-12-6-3-7-13-20)9-5-2-1-4-8-16-10-11-17-18(14-16)23-15-22-17/h1-2,5,9-11,14H,3-4,6-8,12-13,15H2/b2-1+,9-5+. The second-order valence-electron chi connectivity index (χ2n) is 5.90. The van der Waals surface area contributed by atoms with Crippen LogP contribution in [0.1, 0.15) is 31.2 Å². The van der Waals surface area contributed by atoms with Gasteiger partial charge < -0.3 is 14.4 Å². The fraction of sp³-hybridized carbons (Fsp3) is 0.421. The van der Waals surface area contributed by atoms with Gasteiger partial charge in [-0.05, 0) is 49.8 Å². The van der Waals surface area contributed by atoms with E-state index in [9.17, 15) is 4.79 Å². The molecule has 2 heterocycles. The van der Waals surface area contributed by atoms with Crippen molar-refractivity contribution in [3.63, 3.8) is 0 Å². The molecule has 2 aliphatic heterocycles. The van der Waals surface area contributed by atoms with Crippen LogP contribution in [0, 0.1) is 0 Å². The summed E-state index contributed by atoms with van der Waals surface area (Å²) in [5.74, 6) is 1.78. The van der Waals surface area contributed by atoms with Crippen molar-refractivity contribution in [1.82, 2.24) is 4.90 Å². The Balaban J connectivity index is 1.40. The Labute approximate surface area is 137 Å². The highest BCUT2D eigenvalue weighted by Gasteiger charge is 2.13. The Kier molecular flexibility index (Phi) is 5.35. The van der Waals surface area contributed by atoms with Gasteiger partial charge in [-0.1, -0.05) is 24.3 Å². The molecule has 2 aliphatic rings. The van der Waals surface area contributed by atoms with Crippen LogP contribution < -0.4 is 9.47 Å². The highest BCUT2D eigenvalue weighted by Crippen LogP contribution is 2.32. The average Bonchev–Trinajstić information content (AvgIpc) is 3.06. The summed E-state index contributed by atoms with van der Waals surface area (Å²) < 4.78 is 10.7. The second kappa shape index (κ2) is 7.86. The fourth-order valence-corrected chi connectivity index (χ4v) is 2.88. The van der Waals surface area contributed by atoms with Crippen molar-refractivity contribution in [1.29, 1.82) is 0 Å². The molecule has 4 nitrogen and oxygen atoms in total. The quantitative estimate of drug-likeness (QED) is 0.617. The van der Waals surface area contributed by atoms with Gasteiger partial charge in [-0.25, -0.2) is 0 Å². The Hall–Kier alpha value is -2.23. The zero-order valence-corrected chi connectivity index (χ0v) is 13.4. The number of ether oxygens (including phenoxy) is 2. The van der Waals surface area contributed by atoms with Gasteiger partial charge in [-0.3, -0.25) is 4.79 Å². The molecular weight excluding hydrogens is 290 g/mol. The van der Waals surface area contributed by atoms with Crippen LogP contribution in [0.5, 0.6) is 11.5 Å². The number of carbonyl (C=O) groups is 1. The molecule has 0 aromatic heterocycles. The van der Waals surface area contributed by atoms with Crippen LogP contribution >= 0.6 is 0 Å². The predicted octanol–water partition coefficient (Wildman–Crippen LogP) is 3.47. The van der Waals surface area contributed by atoms with E-state index in [4.69, 9.17) is 9.47 Å². The highest BCUT2D eigenvalue weighted by molar-refractivity contribution is 5.87. The minimum Gasteiger partial charge on any atom is -0.454 e. The summed E-state index contributed by atoms with van der Waals surface area (Å²) >= 11 is 0. The third-order valence-electron chi connectivity index (χ3n) is 4.19. The zero-order valence-electron chi connectivity index (χ0n) is 13.4. The molecule has 4 heteroatoms. The monoisotopic (exact) mass is 313 g/mol. The number of hydrogen-bond acceptors (Lipinski definition) is 3. The number of fused-ring (bicyclic) bond motifs is 1. The number of allylic oxidation sites excluding steroid dienone is 3. The Morgan fingerprint density at radius 3 is 2.78 bits per heavy atom. The first-order valence-electron chi connectivity index (χ1n) is 8.33. The summed E-state index contributed by atoms with van der Waals surface area (Å²) in [5.41, 5.74) is 1.23. The van der Waals surface area contributed by atoms with E-state index in [1.54, 1.807) is 6.08 Å². The summed E-state index contributed by atoms with van der Waals surface area (Å²) in [6.45, 7) is 2.11. The van der Waals surface area contributed by atoms with Gasteiger partial charge in [0.1, 0.15) is 0 Å². The molecule has 3 rings (SSSR count). The largest absolute Gasteiger partial charge is 0.454 e. The first-order valence-corrected chi connectivity index (χ1v) is 8.33. The molecule has 122 valence electrons. The van der Waals surface area contributed by atoms with Crippen molar-refractivity contribution in [2.24, 2.45) is 0 Å². The number of piperidine rings is 1. The Morgan fingerprint density at radius 2 is 1.91 bits per heavy atom. The number of nitrogens with zero attached hydrogens (tertiary/aromatic N) is 1. The maximum absolute atomic E-state index is 11.9. The lowest BCUT2D eigenvalue weighted by Gasteiger charge is -2.25. The average molecular weight is 313 g/mol. The molecular formula is C19H23NO3. The summed E-state index contributed by atoms with van der Waals surface area (Å²) in [7, 11) is 0. The minimum atomic E-state index is 0.130. The fourth-order valence-electron chi connectivity index (χ4n) is 2.88. The van der Waals surface area contributed by atoms with Crippen LogP contribution in [0.2, 0.25) is 0 Å². The van der Waals surface area contributed by atoms with Gasteiger partial charge in [-0.2, -0.15) is 0 Å². The summed E-state index contributed by atoms with van der Waals surface area (Å²) in [4.78, 5) is 13.9. The Bertz CT molecular complexity index is 601. The van der Waals surface area contributed by atoms with Crippen LogP contribution in [-0.4, -0.2) is 30.7 Å². The molecule has 1 fully saturated rings. The van der Waals surface area contributed by atoms with Crippen LogP contribution in [0.25, 0.3) is 0 Å². The van der Waals surface area contributed by atoms with Gasteiger partial charge in [0.2, 0.25) is 12.7 Å². The molecule has 23 heavy (non-hydrogen) atoms. The zero-order chi connectivity index (χ0) is 15.9. The van der Waals surface area contributed by atoms with Crippen molar-refractivity contribution in [3.8, 4) is 11.5 Å². The van der Waals surface area contributed by atoms with E-state index >= 15 is 0 Å². The van der Waals surface area contributed by atoms with Gasteiger partial charge in [-0.15, -0.1) is 0 Å². The maximum Gasteiger partial charge on any atom is 0.246 e. The number of rotatable bonds is 5. The molecule has 0 saturated carbocycles. The van der Waals surface area contributed by atoms with Crippen molar-refractivity contribution < 1.29 is 14.3 Å². The van der Waals surface area contributed by atoms with E-state index in [0.717, 1.165) is 50.3 Å². The van der Waals surface area contributed by atoms with E-state index in [1.807, 2.05) is 29.2 Å². The van der Waals surface area contributed by atoms with Crippen molar-refractivity contribution in [3.05, 3.63) is 48.1 Å². The van der Waals surface area contributed by atoms with Gasteiger partial charge in [0.15, 0.2) is 11.5 Å². The predicted molar refractivity (Wildman–Crippen MR) is 89.6 cm³/mol. The molecule has 0 atom stereocenters. The summed E-state index contributed by atoms with van der Waals surface area (Å²) in [6, 6.07) is 6.06. The molecule has 0 unspecified atom stereocenters. The van der Waals surface area contributed by atoms with Crippen molar-refractivity contribution in [2.75, 3.05) is 19.9 Å². The first kappa shape index (κ1) is 15.7. The molecule has 1 aromatic rings. The molecule has 1 amide bonds. The lowest BCUT2D eigenvalue weighted by atomic mass is 10.1. The number of benzene rings is 1. The van der Waals surface area contributed by atoms with Crippen LogP contribution in [-0.2, 0) is 11.2 Å². The lowest BCUT2D eigenvalue weighted by molar-refractivity contribution is -0.126. The van der Waals surface area contributed by atoms with Crippen molar-refractivity contribution in [2.45, 2.75) is 32.1 Å². The SMILES string of the molecule is O=C(/C=C/C=C/CCc1ccc2c(c1)OCO2)N1CCCCC1. The molecule has 0 radical (unpaired) electrons. The number of carbonyl (C=O) groups excluding carboxylic acids is 1. The number of hydrogen-bond donors (Lipinski definition) is 0. The topological polar surface area (TPSA) is 38.8 Å². The van der Waals surface area contributed by atoms with E-state index in [-0.39, 0.29) is 5.91 Å². The molecule has 0 bridgehead atoms. The molecule has 0 spiro atoms. The first-order chi connectivity index (χ1) is 11.3. The van der Waals surface area contributed by atoms with Gasteiger partial charge in [0, 0.05) is 19.2 Å². The second-order valence-corrected chi connectivity index (χ2v) is 5.90. The van der Waals surface area contributed by atoms with Crippen molar-refractivity contribution >= 4 is 5.91 Å². The lowest BCUT2D eigenvalue weighted by Crippen LogP contribution is -2.34. The molecule has 0 aliphatic carbocycles. The van der Waals surface area contributed by atoms with Gasteiger partial charge >= 0.3 is 0 Å². The van der Waals surface area contributed by atoms with Crippen LogP contribution in [0.15, 0.2) is 42.5 Å². The van der Waals surface area contributed by atoms with Crippen LogP contribution in [0.3, 0.4) is 0 Å². The molecule has 1 saturated heterocycles. The molecule has 1 aromatic carbocycles. The van der Waals surface area contributed by atoms with Gasteiger partial charge in [0.25, 0.3) is 0 Å². The van der Waals surface area contributed by atoms with Gasteiger partial charge in [0.05, 0.1) is 0 Å².